The van der Waals surface area contributed by atoms with E-state index in [-0.39, 0.29) is 27.9 Å². The van der Waals surface area contributed by atoms with Gasteiger partial charge in [0.05, 0.1) is 5.38 Å². The molecule has 1 aromatic heterocycles. The molecule has 0 amide bonds. The van der Waals surface area contributed by atoms with Crippen molar-refractivity contribution in [2.75, 3.05) is 0 Å². The Bertz CT molecular complexity index is 457. The normalized spacial score (nSPS) is 23.8. The fourth-order valence-electron chi connectivity index (χ4n) is 3.10. The van der Waals surface area contributed by atoms with Crippen LogP contribution in [0, 0.1) is 0 Å². The molecule has 96 valence electrons. The second-order valence-corrected chi connectivity index (χ2v) is 7.01. The van der Waals surface area contributed by atoms with Crippen molar-refractivity contribution in [2.45, 2.75) is 57.7 Å². The van der Waals surface area contributed by atoms with E-state index in [9.17, 15) is 9.90 Å². The molecule has 0 saturated carbocycles. The zero-order chi connectivity index (χ0) is 12.8. The third-order valence-electron chi connectivity index (χ3n) is 3.24. The van der Waals surface area contributed by atoms with Gasteiger partial charge in [-0.05, 0) is 40.5 Å². The first-order valence-electron chi connectivity index (χ1n) is 5.89. The van der Waals surface area contributed by atoms with E-state index in [1.807, 2.05) is 0 Å². The predicted molar refractivity (Wildman–Crippen MR) is 69.8 cm³/mol. The van der Waals surface area contributed by atoms with Gasteiger partial charge in [0.2, 0.25) is 5.88 Å². The summed E-state index contributed by atoms with van der Waals surface area (Å²) in [5, 5.41) is 14.9. The highest BCUT2D eigenvalue weighted by Crippen LogP contribution is 2.37. The first-order valence-corrected chi connectivity index (χ1v) is 6.76. The Morgan fingerprint density at radius 2 is 1.88 bits per heavy atom. The van der Waals surface area contributed by atoms with Crippen molar-refractivity contribution in [3.8, 4) is 5.88 Å². The Hall–Kier alpha value is -0.810. The highest BCUT2D eigenvalue weighted by atomic mass is 32.1. The maximum atomic E-state index is 11.8. The third kappa shape index (κ3) is 2.55. The number of thiazole rings is 1. The third-order valence-corrected chi connectivity index (χ3v) is 3.97. The van der Waals surface area contributed by atoms with E-state index in [4.69, 9.17) is 0 Å². The second-order valence-electron chi connectivity index (χ2n) is 6.18. The van der Waals surface area contributed by atoms with E-state index in [1.54, 1.807) is 0 Å². The van der Waals surface area contributed by atoms with E-state index < -0.39 is 0 Å². The average Bonchev–Trinajstić information content (AvgIpc) is 2.40. The molecule has 1 saturated heterocycles. The smallest absolute Gasteiger partial charge is 0.310 e. The van der Waals surface area contributed by atoms with Gasteiger partial charge in [-0.1, -0.05) is 11.3 Å². The molecule has 0 aliphatic carbocycles. The van der Waals surface area contributed by atoms with Crippen LogP contribution in [0.3, 0.4) is 0 Å². The van der Waals surface area contributed by atoms with Gasteiger partial charge in [-0.3, -0.25) is 9.36 Å². The largest absolute Gasteiger partial charge is 0.494 e. The monoisotopic (exact) mass is 256 g/mol. The summed E-state index contributed by atoms with van der Waals surface area (Å²) in [4.78, 5) is 11.7. The number of nitrogens with zero attached hydrogens (tertiary/aromatic N) is 1. The van der Waals surface area contributed by atoms with Crippen LogP contribution in [0.15, 0.2) is 10.2 Å². The van der Waals surface area contributed by atoms with Crippen molar-refractivity contribution in [2.24, 2.45) is 0 Å². The highest BCUT2D eigenvalue weighted by Gasteiger charge is 2.39. The topological polar surface area (TPSA) is 54.3 Å². The van der Waals surface area contributed by atoms with E-state index in [0.717, 1.165) is 24.2 Å². The van der Waals surface area contributed by atoms with E-state index in [2.05, 4.69) is 33.0 Å². The second kappa shape index (κ2) is 3.85. The van der Waals surface area contributed by atoms with Crippen LogP contribution < -0.4 is 10.2 Å². The zero-order valence-electron chi connectivity index (χ0n) is 10.8. The lowest BCUT2D eigenvalue weighted by molar-refractivity contribution is 0.127. The number of hydrogen-bond donors (Lipinski definition) is 2. The molecule has 0 unspecified atom stereocenters. The van der Waals surface area contributed by atoms with Gasteiger partial charge in [0.1, 0.15) is 0 Å². The van der Waals surface area contributed by atoms with Gasteiger partial charge in [-0.25, -0.2) is 0 Å². The number of piperidine rings is 1. The fraction of sp³-hybridized carbons (Fsp3) is 0.750. The summed E-state index contributed by atoms with van der Waals surface area (Å²) in [6.07, 6.45) is 1.70. The molecule has 1 aliphatic heterocycles. The number of nitrogens with one attached hydrogen (secondary N) is 1. The molecule has 1 aliphatic rings. The minimum atomic E-state index is -0.0685. The lowest BCUT2D eigenvalue weighted by Crippen LogP contribution is -2.58. The molecule has 2 heterocycles. The number of rotatable bonds is 1. The Morgan fingerprint density at radius 3 is 2.29 bits per heavy atom. The van der Waals surface area contributed by atoms with Crippen LogP contribution in [-0.2, 0) is 0 Å². The summed E-state index contributed by atoms with van der Waals surface area (Å²) in [6.45, 7) is 8.54. The Morgan fingerprint density at radius 1 is 1.35 bits per heavy atom. The molecular weight excluding hydrogens is 236 g/mol. The minimum absolute atomic E-state index is 0.0275. The van der Waals surface area contributed by atoms with E-state index in [1.165, 1.54) is 9.95 Å². The Labute approximate surface area is 105 Å². The zero-order valence-corrected chi connectivity index (χ0v) is 11.6. The molecule has 0 atom stereocenters. The van der Waals surface area contributed by atoms with Crippen molar-refractivity contribution in [3.05, 3.63) is 15.0 Å². The van der Waals surface area contributed by atoms with Gasteiger partial charge >= 0.3 is 4.87 Å². The summed E-state index contributed by atoms with van der Waals surface area (Å²) in [5.41, 5.74) is -0.0551. The molecule has 17 heavy (non-hydrogen) atoms. The molecule has 4 nitrogen and oxygen atoms in total. The van der Waals surface area contributed by atoms with Gasteiger partial charge in [0.25, 0.3) is 0 Å². The van der Waals surface area contributed by atoms with Crippen molar-refractivity contribution in [3.63, 3.8) is 0 Å². The summed E-state index contributed by atoms with van der Waals surface area (Å²) in [7, 11) is 0. The van der Waals surface area contributed by atoms with E-state index >= 15 is 0 Å². The molecule has 1 aromatic rings. The number of aromatic nitrogens is 1. The predicted octanol–water partition coefficient (Wildman–Crippen LogP) is 2.10. The first-order chi connectivity index (χ1) is 7.70. The fourth-order valence-corrected chi connectivity index (χ4v) is 3.77. The van der Waals surface area contributed by atoms with Crippen LogP contribution in [0.5, 0.6) is 5.88 Å². The number of aromatic hydroxyl groups is 1. The maximum Gasteiger partial charge on any atom is 0.310 e. The Balaban J connectivity index is 2.37. The van der Waals surface area contributed by atoms with E-state index in [0.29, 0.717) is 0 Å². The first kappa shape index (κ1) is 12.6. The summed E-state index contributed by atoms with van der Waals surface area (Å²) in [6, 6.07) is 0.0694. The maximum absolute atomic E-state index is 11.8. The minimum Gasteiger partial charge on any atom is -0.494 e. The average molecular weight is 256 g/mol. The van der Waals surface area contributed by atoms with Crippen LogP contribution in [0.1, 0.15) is 46.6 Å². The van der Waals surface area contributed by atoms with Gasteiger partial charge < -0.3 is 10.4 Å². The quantitative estimate of drug-likeness (QED) is 0.809. The van der Waals surface area contributed by atoms with Gasteiger partial charge in [-0.2, -0.15) is 0 Å². The van der Waals surface area contributed by atoms with Crippen molar-refractivity contribution in [1.29, 1.82) is 0 Å². The molecule has 5 heteroatoms. The lowest BCUT2D eigenvalue weighted by atomic mass is 9.79. The highest BCUT2D eigenvalue weighted by molar-refractivity contribution is 7.07. The molecular formula is C12H20N2O2S. The van der Waals surface area contributed by atoms with Crippen molar-refractivity contribution >= 4 is 11.3 Å². The molecule has 0 spiro atoms. The van der Waals surface area contributed by atoms with Crippen LogP contribution in [0.25, 0.3) is 0 Å². The van der Waals surface area contributed by atoms with Crippen molar-refractivity contribution in [1.82, 2.24) is 9.88 Å². The standard InChI is InChI=1S/C12H20N2O2S/c1-11(2)5-8(6-12(3,4)13-11)14-9(15)7-17-10(14)16/h7-8,13,15H,5-6H2,1-4H3. The molecule has 0 aromatic carbocycles. The molecule has 1 fully saturated rings. The lowest BCUT2D eigenvalue weighted by Gasteiger charge is -2.46. The van der Waals surface area contributed by atoms with Crippen LogP contribution in [0.4, 0.5) is 0 Å². The molecule has 0 bridgehead atoms. The van der Waals surface area contributed by atoms with Gasteiger partial charge in [0, 0.05) is 17.1 Å². The molecule has 2 N–H and O–H groups in total. The Kier molecular flexibility index (Phi) is 2.86. The SMILES string of the molecule is CC1(C)CC(n2c(O)csc2=O)CC(C)(C)N1. The molecule has 0 radical (unpaired) electrons. The summed E-state index contributed by atoms with van der Waals surface area (Å²) in [5.74, 6) is 0.0958. The van der Waals surface area contributed by atoms with Crippen molar-refractivity contribution < 1.29 is 5.11 Å². The van der Waals surface area contributed by atoms with Crippen LogP contribution in [-0.4, -0.2) is 20.8 Å². The molecule has 2 rings (SSSR count). The van der Waals surface area contributed by atoms with Gasteiger partial charge in [0.15, 0.2) is 0 Å². The van der Waals surface area contributed by atoms with Gasteiger partial charge in [-0.15, -0.1) is 0 Å². The summed E-state index contributed by atoms with van der Waals surface area (Å²) < 4.78 is 1.54. The van der Waals surface area contributed by atoms with Crippen LogP contribution in [0.2, 0.25) is 0 Å². The summed E-state index contributed by atoms with van der Waals surface area (Å²) >= 11 is 1.06. The van der Waals surface area contributed by atoms with Crippen LogP contribution >= 0.6 is 11.3 Å². The number of hydrogen-bond acceptors (Lipinski definition) is 4.